The van der Waals surface area contributed by atoms with Crippen molar-refractivity contribution in [2.45, 2.75) is 6.54 Å². The molecule has 0 radical (unpaired) electrons. The quantitative estimate of drug-likeness (QED) is 0.618. The lowest BCUT2D eigenvalue weighted by atomic mass is 10.1. The number of rotatable bonds is 6. The first-order valence-electron chi connectivity index (χ1n) is 10.6. The highest BCUT2D eigenvalue weighted by Crippen LogP contribution is 2.38. The first-order chi connectivity index (χ1) is 15.6. The summed E-state index contributed by atoms with van der Waals surface area (Å²) in [4.78, 5) is 16.9. The van der Waals surface area contributed by atoms with E-state index >= 15 is 0 Å². The van der Waals surface area contributed by atoms with Gasteiger partial charge in [-0.25, -0.2) is 0 Å². The molecule has 0 aromatic heterocycles. The molecule has 0 atom stereocenters. The zero-order chi connectivity index (χ0) is 22.5. The maximum absolute atomic E-state index is 12.7. The van der Waals surface area contributed by atoms with E-state index in [0.29, 0.717) is 42.8 Å². The highest BCUT2D eigenvalue weighted by molar-refractivity contribution is 6.32. The average Bonchev–Trinajstić information content (AvgIpc) is 2.83. The fourth-order valence-corrected chi connectivity index (χ4v) is 4.15. The number of hydrogen-bond donors (Lipinski definition) is 0. The van der Waals surface area contributed by atoms with E-state index in [0.717, 1.165) is 42.3 Å². The Morgan fingerprint density at radius 3 is 2.59 bits per heavy atom. The summed E-state index contributed by atoms with van der Waals surface area (Å²) in [7, 11) is 3.32. The highest BCUT2D eigenvalue weighted by Gasteiger charge is 2.21. The Bertz CT molecular complexity index is 1000. The Kier molecular flexibility index (Phi) is 7.07. The standard InChI is InChI=1S/C24H27ClN2O5/c1-29-19-4-5-21(30-2)18(15-19)16-26-7-9-27(10-8-26)23(28)6-3-17-13-20(25)24-22(14-17)31-11-12-32-24/h3-6,13-15H,7-12,16H2,1-2H3. The van der Waals surface area contributed by atoms with Crippen molar-refractivity contribution in [2.24, 2.45) is 0 Å². The third-order valence-corrected chi connectivity index (χ3v) is 5.88. The molecule has 2 heterocycles. The Morgan fingerprint density at radius 1 is 1.06 bits per heavy atom. The lowest BCUT2D eigenvalue weighted by Crippen LogP contribution is -2.47. The molecule has 2 aromatic rings. The van der Waals surface area contributed by atoms with Gasteiger partial charge in [0, 0.05) is 44.4 Å². The molecule has 4 rings (SSSR count). The highest BCUT2D eigenvalue weighted by atomic mass is 35.5. The lowest BCUT2D eigenvalue weighted by Gasteiger charge is -2.34. The maximum atomic E-state index is 12.7. The number of methoxy groups -OCH3 is 2. The monoisotopic (exact) mass is 458 g/mol. The normalized spacial score (nSPS) is 16.3. The molecular weight excluding hydrogens is 432 g/mol. The second-order valence-electron chi connectivity index (χ2n) is 7.64. The van der Waals surface area contributed by atoms with Crippen LogP contribution in [0.2, 0.25) is 5.02 Å². The van der Waals surface area contributed by atoms with E-state index in [4.69, 9.17) is 30.5 Å². The average molecular weight is 459 g/mol. The van der Waals surface area contributed by atoms with Gasteiger partial charge in [-0.15, -0.1) is 0 Å². The Morgan fingerprint density at radius 2 is 1.84 bits per heavy atom. The minimum atomic E-state index is -0.0189. The van der Waals surface area contributed by atoms with Gasteiger partial charge in [-0.05, 0) is 42.0 Å². The Labute approximate surface area is 193 Å². The van der Waals surface area contributed by atoms with Crippen molar-refractivity contribution in [3.8, 4) is 23.0 Å². The largest absolute Gasteiger partial charge is 0.497 e. The van der Waals surface area contributed by atoms with Gasteiger partial charge in [-0.1, -0.05) is 11.6 Å². The third-order valence-electron chi connectivity index (χ3n) is 5.60. The molecule has 0 saturated carbocycles. The van der Waals surface area contributed by atoms with Crippen molar-refractivity contribution in [3.05, 3.63) is 52.6 Å². The molecule has 8 heteroatoms. The van der Waals surface area contributed by atoms with E-state index in [9.17, 15) is 4.79 Å². The molecule has 2 aromatic carbocycles. The second kappa shape index (κ2) is 10.1. The number of piperazine rings is 1. The van der Waals surface area contributed by atoms with Gasteiger partial charge in [0.2, 0.25) is 5.91 Å². The molecule has 0 N–H and O–H groups in total. The summed E-state index contributed by atoms with van der Waals surface area (Å²) in [6.07, 6.45) is 3.35. The topological polar surface area (TPSA) is 60.5 Å². The minimum absolute atomic E-state index is 0.0189. The summed E-state index contributed by atoms with van der Waals surface area (Å²) >= 11 is 6.28. The number of ether oxygens (including phenoxy) is 4. The molecule has 1 amide bonds. The number of nitrogens with zero attached hydrogens (tertiary/aromatic N) is 2. The van der Waals surface area contributed by atoms with Crippen LogP contribution in [0.5, 0.6) is 23.0 Å². The fraction of sp³-hybridized carbons (Fsp3) is 0.375. The Hall–Kier alpha value is -2.90. The van der Waals surface area contributed by atoms with Gasteiger partial charge in [-0.3, -0.25) is 9.69 Å². The summed E-state index contributed by atoms with van der Waals surface area (Å²) in [6.45, 7) is 4.62. The third kappa shape index (κ3) is 5.11. The summed E-state index contributed by atoms with van der Waals surface area (Å²) in [5.74, 6) is 2.79. The van der Waals surface area contributed by atoms with E-state index in [-0.39, 0.29) is 5.91 Å². The van der Waals surface area contributed by atoms with Crippen LogP contribution < -0.4 is 18.9 Å². The SMILES string of the molecule is COc1ccc(OC)c(CN2CCN(C(=O)C=Cc3cc(Cl)c4c(c3)OCCO4)CC2)c1. The summed E-state index contributed by atoms with van der Waals surface area (Å²) in [6, 6.07) is 9.42. The molecule has 0 aliphatic carbocycles. The van der Waals surface area contributed by atoms with Gasteiger partial charge in [0.1, 0.15) is 24.7 Å². The molecule has 32 heavy (non-hydrogen) atoms. The number of carbonyl (C=O) groups is 1. The number of carbonyl (C=O) groups excluding carboxylic acids is 1. The van der Waals surface area contributed by atoms with E-state index in [1.54, 1.807) is 32.4 Å². The molecule has 0 spiro atoms. The fourth-order valence-electron chi connectivity index (χ4n) is 3.87. The van der Waals surface area contributed by atoms with Crippen LogP contribution in [-0.4, -0.2) is 69.3 Å². The van der Waals surface area contributed by atoms with Crippen LogP contribution in [0.1, 0.15) is 11.1 Å². The molecule has 2 aliphatic heterocycles. The van der Waals surface area contributed by atoms with Crippen LogP contribution in [0.15, 0.2) is 36.4 Å². The number of benzene rings is 2. The van der Waals surface area contributed by atoms with Crippen LogP contribution in [0.4, 0.5) is 0 Å². The van der Waals surface area contributed by atoms with Gasteiger partial charge in [0.25, 0.3) is 0 Å². The van der Waals surface area contributed by atoms with E-state index in [1.807, 2.05) is 29.2 Å². The van der Waals surface area contributed by atoms with Crippen LogP contribution >= 0.6 is 11.6 Å². The number of hydrogen-bond acceptors (Lipinski definition) is 6. The minimum Gasteiger partial charge on any atom is -0.497 e. The number of amides is 1. The maximum Gasteiger partial charge on any atom is 0.246 e. The smallest absolute Gasteiger partial charge is 0.246 e. The van der Waals surface area contributed by atoms with Gasteiger partial charge in [0.15, 0.2) is 11.5 Å². The van der Waals surface area contributed by atoms with Crippen LogP contribution in [0, 0.1) is 0 Å². The number of halogens is 1. The predicted molar refractivity (Wildman–Crippen MR) is 123 cm³/mol. The lowest BCUT2D eigenvalue weighted by molar-refractivity contribution is -0.127. The summed E-state index contributed by atoms with van der Waals surface area (Å²) < 4.78 is 21.9. The molecular formula is C24H27ClN2O5. The Balaban J connectivity index is 1.34. The van der Waals surface area contributed by atoms with Crippen molar-refractivity contribution in [3.63, 3.8) is 0 Å². The van der Waals surface area contributed by atoms with Crippen molar-refractivity contribution >= 4 is 23.6 Å². The zero-order valence-electron chi connectivity index (χ0n) is 18.3. The van der Waals surface area contributed by atoms with Crippen LogP contribution in [0.3, 0.4) is 0 Å². The summed E-state index contributed by atoms with van der Waals surface area (Å²) in [5, 5.41) is 0.482. The van der Waals surface area contributed by atoms with Crippen molar-refractivity contribution in [2.75, 3.05) is 53.6 Å². The van der Waals surface area contributed by atoms with Gasteiger partial charge < -0.3 is 23.8 Å². The zero-order valence-corrected chi connectivity index (χ0v) is 19.1. The molecule has 0 unspecified atom stereocenters. The second-order valence-corrected chi connectivity index (χ2v) is 8.05. The molecule has 0 bridgehead atoms. The predicted octanol–water partition coefficient (Wildman–Crippen LogP) is 3.49. The van der Waals surface area contributed by atoms with E-state index in [1.165, 1.54) is 0 Å². The molecule has 2 aliphatic rings. The van der Waals surface area contributed by atoms with Gasteiger partial charge in [-0.2, -0.15) is 0 Å². The van der Waals surface area contributed by atoms with Crippen LogP contribution in [0.25, 0.3) is 6.08 Å². The molecule has 1 fully saturated rings. The molecule has 7 nitrogen and oxygen atoms in total. The van der Waals surface area contributed by atoms with Gasteiger partial charge in [0.05, 0.1) is 19.2 Å². The van der Waals surface area contributed by atoms with Crippen molar-refractivity contribution in [1.29, 1.82) is 0 Å². The summed E-state index contributed by atoms with van der Waals surface area (Å²) in [5.41, 5.74) is 1.87. The van der Waals surface area contributed by atoms with E-state index in [2.05, 4.69) is 4.90 Å². The van der Waals surface area contributed by atoms with Gasteiger partial charge >= 0.3 is 0 Å². The van der Waals surface area contributed by atoms with Crippen molar-refractivity contribution in [1.82, 2.24) is 9.80 Å². The van der Waals surface area contributed by atoms with E-state index < -0.39 is 0 Å². The molecule has 1 saturated heterocycles. The number of fused-ring (bicyclic) bond motifs is 1. The van der Waals surface area contributed by atoms with Crippen molar-refractivity contribution < 1.29 is 23.7 Å². The first kappa shape index (κ1) is 22.3. The first-order valence-corrected chi connectivity index (χ1v) is 10.9. The van der Waals surface area contributed by atoms with Crippen LogP contribution in [-0.2, 0) is 11.3 Å². The molecule has 170 valence electrons.